The van der Waals surface area contributed by atoms with E-state index in [4.69, 9.17) is 37.0 Å². The molecule has 0 saturated heterocycles. The van der Waals surface area contributed by atoms with Crippen molar-refractivity contribution < 1.29 is 80.2 Å². The van der Waals surface area contributed by atoms with E-state index in [1.54, 1.807) is 0 Å². The lowest BCUT2D eigenvalue weighted by atomic mass is 9.99. The third-order valence-corrected chi connectivity index (χ3v) is 21.1. The van der Waals surface area contributed by atoms with Crippen LogP contribution in [0.3, 0.4) is 0 Å². The fourth-order valence-electron chi connectivity index (χ4n) is 12.1. The van der Waals surface area contributed by atoms with E-state index in [-0.39, 0.29) is 25.7 Å². The molecule has 0 radical (unpaired) electrons. The normalized spacial score (nSPS) is 14.5. The van der Waals surface area contributed by atoms with Crippen LogP contribution in [-0.4, -0.2) is 96.7 Å². The molecule has 582 valence electrons. The number of aliphatic hydroxyl groups excluding tert-OH is 1. The van der Waals surface area contributed by atoms with Crippen molar-refractivity contribution in [2.24, 2.45) is 11.8 Å². The highest BCUT2D eigenvalue weighted by atomic mass is 31.2. The zero-order valence-corrected chi connectivity index (χ0v) is 65.9. The molecule has 0 aliphatic carbocycles. The number of phosphoric ester groups is 2. The molecule has 0 saturated carbocycles. The average Bonchev–Trinajstić information content (AvgIpc) is 1.18. The molecule has 4 unspecified atom stereocenters. The molecule has 0 aromatic carbocycles. The van der Waals surface area contributed by atoms with Crippen LogP contribution in [0, 0.1) is 11.8 Å². The van der Waals surface area contributed by atoms with Gasteiger partial charge in [-0.15, -0.1) is 0 Å². The molecular formula is C79H154O17P2. The molecule has 0 aromatic rings. The first-order valence-corrected chi connectivity index (χ1v) is 44.1. The van der Waals surface area contributed by atoms with Crippen LogP contribution in [0.25, 0.3) is 0 Å². The zero-order valence-electron chi connectivity index (χ0n) is 64.1. The van der Waals surface area contributed by atoms with Crippen LogP contribution in [0.1, 0.15) is 414 Å². The number of hydrogen-bond acceptors (Lipinski definition) is 15. The monoisotopic (exact) mass is 1440 g/mol. The molecule has 0 spiro atoms. The Morgan fingerprint density at radius 1 is 0.286 bits per heavy atom. The smallest absolute Gasteiger partial charge is 0.462 e. The van der Waals surface area contributed by atoms with Crippen molar-refractivity contribution in [1.82, 2.24) is 0 Å². The van der Waals surface area contributed by atoms with Gasteiger partial charge < -0.3 is 33.8 Å². The lowest BCUT2D eigenvalue weighted by Gasteiger charge is -2.21. The van der Waals surface area contributed by atoms with Crippen molar-refractivity contribution in [3.63, 3.8) is 0 Å². The second-order valence-electron chi connectivity index (χ2n) is 28.9. The number of hydrogen-bond donors (Lipinski definition) is 3. The van der Waals surface area contributed by atoms with E-state index >= 15 is 0 Å². The molecule has 7 atom stereocenters. The van der Waals surface area contributed by atoms with E-state index < -0.39 is 97.5 Å². The van der Waals surface area contributed by atoms with Crippen molar-refractivity contribution in [1.29, 1.82) is 0 Å². The Morgan fingerprint density at radius 2 is 0.490 bits per heavy atom. The number of ether oxygens (including phenoxy) is 4. The second-order valence-corrected chi connectivity index (χ2v) is 31.8. The highest BCUT2D eigenvalue weighted by Crippen LogP contribution is 2.45. The van der Waals surface area contributed by atoms with Crippen LogP contribution in [0.2, 0.25) is 0 Å². The largest absolute Gasteiger partial charge is 0.472 e. The van der Waals surface area contributed by atoms with Crippen LogP contribution in [0.4, 0.5) is 0 Å². The predicted molar refractivity (Wildman–Crippen MR) is 400 cm³/mol. The topological polar surface area (TPSA) is 237 Å². The number of aliphatic hydroxyl groups is 1. The van der Waals surface area contributed by atoms with Crippen LogP contribution in [0.5, 0.6) is 0 Å². The van der Waals surface area contributed by atoms with Crippen LogP contribution in [-0.2, 0) is 65.4 Å². The van der Waals surface area contributed by atoms with Crippen LogP contribution in [0.15, 0.2) is 0 Å². The van der Waals surface area contributed by atoms with Gasteiger partial charge in [0.15, 0.2) is 12.2 Å². The minimum atomic E-state index is -4.96. The number of phosphoric acid groups is 2. The van der Waals surface area contributed by atoms with Gasteiger partial charge in [-0.3, -0.25) is 37.3 Å². The average molecular weight is 1440 g/mol. The highest BCUT2D eigenvalue weighted by molar-refractivity contribution is 7.47. The van der Waals surface area contributed by atoms with E-state index in [9.17, 15) is 43.2 Å². The first-order chi connectivity index (χ1) is 47.4. The van der Waals surface area contributed by atoms with Gasteiger partial charge in [0.1, 0.15) is 19.3 Å². The number of rotatable bonds is 78. The third kappa shape index (κ3) is 69.8. The van der Waals surface area contributed by atoms with Gasteiger partial charge in [0.25, 0.3) is 0 Å². The molecule has 98 heavy (non-hydrogen) atoms. The summed E-state index contributed by atoms with van der Waals surface area (Å²) in [6.07, 6.45) is 59.4. The molecule has 3 N–H and O–H groups in total. The Bertz CT molecular complexity index is 1890. The fraction of sp³-hybridized carbons (Fsp3) is 0.949. The minimum absolute atomic E-state index is 0.107. The van der Waals surface area contributed by atoms with Crippen molar-refractivity contribution in [3.8, 4) is 0 Å². The molecule has 0 aliphatic heterocycles. The summed E-state index contributed by atoms with van der Waals surface area (Å²) in [4.78, 5) is 73.0. The molecule has 0 amide bonds. The third-order valence-electron chi connectivity index (χ3n) is 19.2. The van der Waals surface area contributed by atoms with Gasteiger partial charge in [0, 0.05) is 25.7 Å². The highest BCUT2D eigenvalue weighted by Gasteiger charge is 2.30. The molecule has 19 heteroatoms. The molecule has 0 bridgehead atoms. The van der Waals surface area contributed by atoms with Gasteiger partial charge in [-0.1, -0.05) is 363 Å². The molecule has 0 aromatic heterocycles. The maximum atomic E-state index is 13.1. The Labute approximate surface area is 600 Å². The lowest BCUT2D eigenvalue weighted by Crippen LogP contribution is -2.30. The van der Waals surface area contributed by atoms with Gasteiger partial charge in [-0.25, -0.2) is 9.13 Å². The summed E-state index contributed by atoms with van der Waals surface area (Å²) in [5, 5.41) is 10.6. The summed E-state index contributed by atoms with van der Waals surface area (Å²) in [6, 6.07) is 0. The van der Waals surface area contributed by atoms with Gasteiger partial charge in [0.05, 0.1) is 26.4 Å². The van der Waals surface area contributed by atoms with E-state index in [2.05, 4.69) is 41.5 Å². The number of esters is 4. The summed E-state index contributed by atoms with van der Waals surface area (Å²) >= 11 is 0. The molecular weight excluding hydrogens is 1280 g/mol. The van der Waals surface area contributed by atoms with Crippen molar-refractivity contribution in [3.05, 3.63) is 0 Å². The van der Waals surface area contributed by atoms with Gasteiger partial charge in [-0.05, 0) is 37.5 Å². The summed E-state index contributed by atoms with van der Waals surface area (Å²) < 4.78 is 68.7. The minimum Gasteiger partial charge on any atom is -0.462 e. The van der Waals surface area contributed by atoms with Gasteiger partial charge in [-0.2, -0.15) is 0 Å². The van der Waals surface area contributed by atoms with Crippen molar-refractivity contribution in [2.45, 2.75) is 432 Å². The van der Waals surface area contributed by atoms with E-state index in [1.165, 1.54) is 231 Å². The molecule has 0 heterocycles. The second kappa shape index (κ2) is 70.7. The predicted octanol–water partition coefficient (Wildman–Crippen LogP) is 23.5. The quantitative estimate of drug-likeness (QED) is 0.0222. The van der Waals surface area contributed by atoms with Crippen molar-refractivity contribution >= 4 is 39.5 Å². The number of carbonyl (C=O) groups excluding carboxylic acids is 4. The Morgan fingerprint density at radius 3 is 0.724 bits per heavy atom. The van der Waals surface area contributed by atoms with E-state index in [0.29, 0.717) is 25.7 Å². The van der Waals surface area contributed by atoms with E-state index in [1.807, 2.05) is 0 Å². The molecule has 0 fully saturated rings. The Hall–Kier alpha value is -1.94. The maximum absolute atomic E-state index is 13.1. The number of carbonyl (C=O) groups is 4. The fourth-order valence-corrected chi connectivity index (χ4v) is 13.7. The first kappa shape index (κ1) is 96.1. The van der Waals surface area contributed by atoms with Crippen LogP contribution < -0.4 is 0 Å². The first-order valence-electron chi connectivity index (χ1n) is 41.1. The Balaban J connectivity index is 5.27. The van der Waals surface area contributed by atoms with Gasteiger partial charge >= 0.3 is 39.5 Å². The van der Waals surface area contributed by atoms with E-state index in [0.717, 1.165) is 102 Å². The van der Waals surface area contributed by atoms with Crippen LogP contribution >= 0.6 is 15.6 Å². The van der Waals surface area contributed by atoms with Crippen molar-refractivity contribution in [2.75, 3.05) is 39.6 Å². The zero-order chi connectivity index (χ0) is 72.1. The molecule has 17 nitrogen and oxygen atoms in total. The molecule has 0 aliphatic rings. The lowest BCUT2D eigenvalue weighted by molar-refractivity contribution is -0.161. The Kier molecular flexibility index (Phi) is 69.3. The van der Waals surface area contributed by atoms with Gasteiger partial charge in [0.2, 0.25) is 0 Å². The summed E-state index contributed by atoms with van der Waals surface area (Å²) in [5.41, 5.74) is 0. The summed E-state index contributed by atoms with van der Waals surface area (Å²) in [5.74, 6) is -0.497. The number of unbranched alkanes of at least 4 members (excludes halogenated alkanes) is 46. The SMILES string of the molecule is CCCCCCCCCCCCCCCCCCCCC(=O)O[C@H](COC(=O)CCCCCCCCCCCCC(C)CC)COP(=O)(O)OC[C@@H](O)COP(=O)(O)OC[C@@H](COC(=O)CCCCCCCCCCCCCC)OC(=O)CCCCCCCCCCCCC(C)CC. The summed E-state index contributed by atoms with van der Waals surface area (Å²) in [6.45, 7) is 9.68. The molecule has 0 rings (SSSR count). The summed E-state index contributed by atoms with van der Waals surface area (Å²) in [7, 11) is -9.92. The standard InChI is InChI=1S/C79H154O17P2/c1-7-11-13-15-17-19-21-23-24-25-26-27-28-30-39-45-51-57-63-78(83)95-74(68-90-77(82)62-56-50-44-38-33-31-35-41-47-53-59-71(5)9-3)69-93-97(85,86)91-65-73(80)66-92-98(87,88)94-70-75(67-89-76(81)61-55-49-43-37-29-22-20-18-16-14-12-8-2)96-79(84)64-58-52-46-40-34-32-36-42-48-54-60-72(6)10-4/h71-75,80H,7-70H2,1-6H3,(H,85,86)(H,87,88)/t71?,72?,73-,74-,75-/m1/s1. The maximum Gasteiger partial charge on any atom is 0.472 e.